The van der Waals surface area contributed by atoms with Gasteiger partial charge in [0.15, 0.2) is 0 Å². The first-order chi connectivity index (χ1) is 7.93. The lowest BCUT2D eigenvalue weighted by Gasteiger charge is -2.22. The third kappa shape index (κ3) is 1.83. The Morgan fingerprint density at radius 3 is 2.88 bits per heavy atom. The first-order valence-electron chi connectivity index (χ1n) is 5.96. The van der Waals surface area contributed by atoms with E-state index in [1.54, 1.807) is 0 Å². The second-order valence-electron chi connectivity index (χ2n) is 4.36. The molecule has 0 amide bonds. The van der Waals surface area contributed by atoms with Gasteiger partial charge in [-0.15, -0.1) is 0 Å². The summed E-state index contributed by atoms with van der Waals surface area (Å²) >= 11 is 0. The van der Waals surface area contributed by atoms with Crippen LogP contribution in [0.1, 0.15) is 30.9 Å². The summed E-state index contributed by atoms with van der Waals surface area (Å²) in [5.74, 6) is 0. The van der Waals surface area contributed by atoms with E-state index < -0.39 is 0 Å². The van der Waals surface area contributed by atoms with Gasteiger partial charge in [-0.05, 0) is 41.7 Å². The number of rotatable bonds is 1. The molecule has 1 nitrogen and oxygen atoms in total. The summed E-state index contributed by atoms with van der Waals surface area (Å²) in [7, 11) is 0. The summed E-state index contributed by atoms with van der Waals surface area (Å²) in [6.07, 6.45) is 3.86. The van der Waals surface area contributed by atoms with Crippen molar-refractivity contribution >= 4 is 10.8 Å². The zero-order valence-electron chi connectivity index (χ0n) is 9.28. The van der Waals surface area contributed by atoms with Crippen LogP contribution in [0.15, 0.2) is 36.4 Å². The minimum absolute atomic E-state index is 0.262. The van der Waals surface area contributed by atoms with Gasteiger partial charge in [-0.25, -0.2) is 0 Å². The molecule has 1 saturated heterocycles. The second kappa shape index (κ2) is 4.26. The molecule has 1 heteroatoms. The Morgan fingerprint density at radius 2 is 2.00 bits per heavy atom. The highest BCUT2D eigenvalue weighted by Gasteiger charge is 2.16. The van der Waals surface area contributed by atoms with Gasteiger partial charge in [0.2, 0.25) is 0 Å². The third-order valence-electron chi connectivity index (χ3n) is 3.21. The normalized spacial score (nSPS) is 21.1. The minimum Gasteiger partial charge on any atom is -0.374 e. The smallest absolute Gasteiger partial charge is 0.0831 e. The van der Waals surface area contributed by atoms with E-state index >= 15 is 0 Å². The Kier molecular flexibility index (Phi) is 2.63. The van der Waals surface area contributed by atoms with Crippen molar-refractivity contribution in [3.05, 3.63) is 48.0 Å². The molecular formula is C15H15O. The van der Waals surface area contributed by atoms with Crippen molar-refractivity contribution in [1.82, 2.24) is 0 Å². The number of hydrogen-bond donors (Lipinski definition) is 0. The van der Waals surface area contributed by atoms with Gasteiger partial charge >= 0.3 is 0 Å². The van der Waals surface area contributed by atoms with Crippen molar-refractivity contribution in [2.75, 3.05) is 6.61 Å². The fourth-order valence-corrected chi connectivity index (χ4v) is 2.31. The second-order valence-corrected chi connectivity index (χ2v) is 4.36. The Balaban J connectivity index is 1.97. The molecule has 2 aromatic rings. The molecule has 1 aliphatic heterocycles. The lowest BCUT2D eigenvalue weighted by atomic mass is 9.98. The first-order valence-corrected chi connectivity index (χ1v) is 5.96. The van der Waals surface area contributed by atoms with Crippen molar-refractivity contribution < 1.29 is 4.74 Å². The molecule has 1 aliphatic rings. The maximum atomic E-state index is 5.78. The van der Waals surface area contributed by atoms with Crippen molar-refractivity contribution in [2.24, 2.45) is 0 Å². The van der Waals surface area contributed by atoms with Gasteiger partial charge in [0.1, 0.15) is 0 Å². The van der Waals surface area contributed by atoms with Crippen molar-refractivity contribution in [3.63, 3.8) is 0 Å². The van der Waals surface area contributed by atoms with Gasteiger partial charge in [0.05, 0.1) is 6.10 Å². The van der Waals surface area contributed by atoms with Gasteiger partial charge in [0, 0.05) is 6.61 Å². The Hall–Kier alpha value is -1.34. The highest BCUT2D eigenvalue weighted by Crippen LogP contribution is 2.29. The predicted molar refractivity (Wildman–Crippen MR) is 65.3 cm³/mol. The van der Waals surface area contributed by atoms with Crippen LogP contribution >= 0.6 is 0 Å². The molecule has 2 aromatic carbocycles. The maximum absolute atomic E-state index is 5.78. The van der Waals surface area contributed by atoms with E-state index in [4.69, 9.17) is 4.74 Å². The first kappa shape index (κ1) is 9.86. The molecule has 1 radical (unpaired) electrons. The van der Waals surface area contributed by atoms with Crippen LogP contribution in [-0.4, -0.2) is 6.61 Å². The monoisotopic (exact) mass is 211 g/mol. The standard InChI is InChI=1S/C15H15O/c1-2-6-13-11-14(9-8-12(13)5-1)15-7-3-4-10-16-15/h1-2,5-6,8-9,15H,3-4,7,10H2. The van der Waals surface area contributed by atoms with E-state index in [0.717, 1.165) is 13.0 Å². The molecule has 1 atom stereocenters. The van der Waals surface area contributed by atoms with Crippen LogP contribution in [0.3, 0.4) is 0 Å². The van der Waals surface area contributed by atoms with Crippen molar-refractivity contribution in [2.45, 2.75) is 25.4 Å². The van der Waals surface area contributed by atoms with E-state index in [-0.39, 0.29) is 6.10 Å². The molecule has 0 aliphatic carbocycles. The highest BCUT2D eigenvalue weighted by atomic mass is 16.5. The lowest BCUT2D eigenvalue weighted by Crippen LogP contribution is -2.11. The van der Waals surface area contributed by atoms with Crippen molar-refractivity contribution in [3.8, 4) is 0 Å². The summed E-state index contributed by atoms with van der Waals surface area (Å²) in [5.41, 5.74) is 1.21. The van der Waals surface area contributed by atoms with Crippen LogP contribution < -0.4 is 0 Å². The molecular weight excluding hydrogens is 196 g/mol. The molecule has 3 rings (SSSR count). The summed E-state index contributed by atoms with van der Waals surface area (Å²) in [6.45, 7) is 0.894. The highest BCUT2D eigenvalue weighted by molar-refractivity contribution is 5.82. The van der Waals surface area contributed by atoms with Crippen LogP contribution in [0.4, 0.5) is 0 Å². The lowest BCUT2D eigenvalue weighted by molar-refractivity contribution is 0.0149. The fourth-order valence-electron chi connectivity index (χ4n) is 2.31. The molecule has 0 aromatic heterocycles. The average Bonchev–Trinajstić information content (AvgIpc) is 2.39. The van der Waals surface area contributed by atoms with Gasteiger partial charge in [-0.1, -0.05) is 36.4 Å². The van der Waals surface area contributed by atoms with Gasteiger partial charge < -0.3 is 4.74 Å². The fraction of sp³-hybridized carbons (Fsp3) is 0.333. The van der Waals surface area contributed by atoms with E-state index in [9.17, 15) is 0 Å². The predicted octanol–water partition coefficient (Wildman–Crippen LogP) is 3.88. The largest absolute Gasteiger partial charge is 0.374 e. The van der Waals surface area contributed by atoms with Crippen LogP contribution in [0.5, 0.6) is 0 Å². The van der Waals surface area contributed by atoms with Crippen LogP contribution in [0, 0.1) is 6.07 Å². The summed E-state index contributed by atoms with van der Waals surface area (Å²) < 4.78 is 5.78. The van der Waals surface area contributed by atoms with E-state index in [2.05, 4.69) is 42.5 Å². The van der Waals surface area contributed by atoms with Gasteiger partial charge in [-0.3, -0.25) is 0 Å². The Labute approximate surface area is 96.0 Å². The molecule has 0 N–H and O–H groups in total. The zero-order chi connectivity index (χ0) is 10.8. The molecule has 1 fully saturated rings. The molecule has 0 saturated carbocycles. The number of ether oxygens (including phenoxy) is 1. The number of benzene rings is 2. The molecule has 0 spiro atoms. The zero-order valence-corrected chi connectivity index (χ0v) is 9.28. The minimum atomic E-state index is 0.262. The third-order valence-corrected chi connectivity index (χ3v) is 3.21. The van der Waals surface area contributed by atoms with E-state index in [0.29, 0.717) is 0 Å². The Morgan fingerprint density at radius 1 is 1.06 bits per heavy atom. The van der Waals surface area contributed by atoms with Crippen LogP contribution in [0.25, 0.3) is 10.8 Å². The van der Waals surface area contributed by atoms with Gasteiger partial charge in [-0.2, -0.15) is 0 Å². The molecule has 16 heavy (non-hydrogen) atoms. The molecule has 81 valence electrons. The molecule has 0 bridgehead atoms. The van der Waals surface area contributed by atoms with Crippen molar-refractivity contribution in [1.29, 1.82) is 0 Å². The summed E-state index contributed by atoms with van der Waals surface area (Å²) in [4.78, 5) is 0. The topological polar surface area (TPSA) is 9.23 Å². The maximum Gasteiger partial charge on any atom is 0.0831 e. The quantitative estimate of drug-likeness (QED) is 0.695. The molecule has 1 heterocycles. The number of hydrogen-bond acceptors (Lipinski definition) is 1. The SMILES string of the molecule is [c]1c(C2CCCCO2)ccc2ccccc12. The Bertz CT molecular complexity index is 484. The van der Waals surface area contributed by atoms with E-state index in [1.165, 1.54) is 29.2 Å². The van der Waals surface area contributed by atoms with Crippen LogP contribution in [-0.2, 0) is 4.74 Å². The van der Waals surface area contributed by atoms with Gasteiger partial charge in [0.25, 0.3) is 0 Å². The number of fused-ring (bicyclic) bond motifs is 1. The average molecular weight is 211 g/mol. The van der Waals surface area contributed by atoms with E-state index in [1.807, 2.05) is 0 Å². The summed E-state index contributed by atoms with van der Waals surface area (Å²) in [6, 6.07) is 16.1. The summed E-state index contributed by atoms with van der Waals surface area (Å²) in [5, 5.41) is 2.44. The van der Waals surface area contributed by atoms with Crippen LogP contribution in [0.2, 0.25) is 0 Å². The molecule has 1 unspecified atom stereocenters.